The fourth-order valence-corrected chi connectivity index (χ4v) is 4.53. The minimum atomic E-state index is -0.413. The molecule has 2 heterocycles. The highest BCUT2D eigenvalue weighted by molar-refractivity contribution is 8.00. The molecule has 0 bridgehead atoms. The van der Waals surface area contributed by atoms with Crippen molar-refractivity contribution in [1.29, 1.82) is 0 Å². The van der Waals surface area contributed by atoms with Gasteiger partial charge >= 0.3 is 0 Å². The molecule has 3 aromatic rings. The van der Waals surface area contributed by atoms with Crippen LogP contribution in [0.25, 0.3) is 0 Å². The van der Waals surface area contributed by atoms with Crippen molar-refractivity contribution in [3.63, 3.8) is 0 Å². The van der Waals surface area contributed by atoms with E-state index in [-0.39, 0.29) is 11.9 Å². The third-order valence-electron chi connectivity index (χ3n) is 5.03. The number of aromatic nitrogens is 3. The zero-order chi connectivity index (χ0) is 21.1. The summed E-state index contributed by atoms with van der Waals surface area (Å²) in [6.07, 6.45) is 0.747. The lowest BCUT2D eigenvalue weighted by Crippen LogP contribution is -2.41. The zero-order valence-electron chi connectivity index (χ0n) is 17.3. The second-order valence-electron chi connectivity index (χ2n) is 7.04. The second-order valence-corrected chi connectivity index (χ2v) is 8.15. The molecule has 1 amide bonds. The summed E-state index contributed by atoms with van der Waals surface area (Å²) in [5.41, 5.74) is 6.30. The molecule has 8 heteroatoms. The van der Waals surface area contributed by atoms with Crippen LogP contribution >= 0.6 is 11.8 Å². The van der Waals surface area contributed by atoms with E-state index < -0.39 is 5.25 Å². The molecule has 2 N–H and O–H groups in total. The number of carbonyl (C=O) groups excluding carboxylic acids is 1. The van der Waals surface area contributed by atoms with Gasteiger partial charge in [0.2, 0.25) is 11.1 Å². The predicted molar refractivity (Wildman–Crippen MR) is 119 cm³/mol. The molecule has 7 nitrogen and oxygen atoms in total. The lowest BCUT2D eigenvalue weighted by Gasteiger charge is -2.33. The molecule has 1 aromatic heterocycles. The number of benzene rings is 2. The van der Waals surface area contributed by atoms with Gasteiger partial charge in [-0.1, -0.05) is 49.0 Å². The summed E-state index contributed by atoms with van der Waals surface area (Å²) in [4.78, 5) is 13.3. The van der Waals surface area contributed by atoms with Crippen LogP contribution in [-0.2, 0) is 11.2 Å². The Hall–Kier alpha value is -3.00. The first kappa shape index (κ1) is 20.3. The first-order chi connectivity index (χ1) is 14.6. The fraction of sp³-hybridized carbons (Fsp3) is 0.318. The minimum absolute atomic E-state index is 0.0759. The number of ether oxygens (including phenoxy) is 1. The monoisotopic (exact) mass is 423 g/mol. The van der Waals surface area contributed by atoms with Crippen molar-refractivity contribution < 1.29 is 9.53 Å². The summed E-state index contributed by atoms with van der Waals surface area (Å²) in [5.74, 6) is 1.57. The zero-order valence-corrected chi connectivity index (χ0v) is 18.1. The van der Waals surface area contributed by atoms with Gasteiger partial charge in [-0.05, 0) is 43.2 Å². The number of nitrogens with one attached hydrogen (secondary N) is 2. The molecule has 30 heavy (non-hydrogen) atoms. The third-order valence-corrected chi connectivity index (χ3v) is 6.25. The van der Waals surface area contributed by atoms with Crippen molar-refractivity contribution in [2.45, 2.75) is 43.6 Å². The molecule has 156 valence electrons. The molecule has 4 rings (SSSR count). The average Bonchev–Trinajstić information content (AvgIpc) is 3.17. The second kappa shape index (κ2) is 8.79. The van der Waals surface area contributed by atoms with Gasteiger partial charge in [0.05, 0.1) is 12.6 Å². The average molecular weight is 424 g/mol. The van der Waals surface area contributed by atoms with Crippen molar-refractivity contribution in [3.05, 3.63) is 65.5 Å². The molecule has 1 aliphatic heterocycles. The summed E-state index contributed by atoms with van der Waals surface area (Å²) in [7, 11) is 0. The standard InChI is InChI=1S/C22H25N5O2S/c1-4-18-24-25-22-27(18)26-19(15-10-12-16(13-11-15)29-5-2)20(30-22)21(28)23-17-9-7-6-8-14(17)3/h6-13,19-20,26H,4-5H2,1-3H3,(H,23,28). The molecule has 0 radical (unpaired) electrons. The van der Waals surface area contributed by atoms with Crippen LogP contribution in [0.5, 0.6) is 5.75 Å². The van der Waals surface area contributed by atoms with Crippen LogP contribution in [0.3, 0.4) is 0 Å². The van der Waals surface area contributed by atoms with E-state index >= 15 is 0 Å². The summed E-state index contributed by atoms with van der Waals surface area (Å²) < 4.78 is 7.46. The van der Waals surface area contributed by atoms with Crippen molar-refractivity contribution in [2.24, 2.45) is 0 Å². The number of nitrogens with zero attached hydrogens (tertiary/aromatic N) is 3. The minimum Gasteiger partial charge on any atom is -0.494 e. The van der Waals surface area contributed by atoms with E-state index in [4.69, 9.17) is 4.74 Å². The van der Waals surface area contributed by atoms with E-state index in [0.29, 0.717) is 11.8 Å². The van der Waals surface area contributed by atoms with Crippen molar-refractivity contribution in [2.75, 3.05) is 17.3 Å². The van der Waals surface area contributed by atoms with Crippen LogP contribution < -0.4 is 15.5 Å². The number of hydrogen-bond acceptors (Lipinski definition) is 6. The van der Waals surface area contributed by atoms with Gasteiger partial charge in [0, 0.05) is 12.1 Å². The summed E-state index contributed by atoms with van der Waals surface area (Å²) in [6, 6.07) is 15.4. The van der Waals surface area contributed by atoms with E-state index in [1.165, 1.54) is 11.8 Å². The molecule has 2 atom stereocenters. The lowest BCUT2D eigenvalue weighted by molar-refractivity contribution is -0.116. The quantitative estimate of drug-likeness (QED) is 0.625. The van der Waals surface area contributed by atoms with Gasteiger partial charge in [0.1, 0.15) is 11.0 Å². The van der Waals surface area contributed by atoms with Crippen LogP contribution in [0.1, 0.15) is 36.8 Å². The van der Waals surface area contributed by atoms with Crippen molar-refractivity contribution in [3.8, 4) is 5.75 Å². The number of rotatable bonds is 6. The van der Waals surface area contributed by atoms with Crippen LogP contribution in [-0.4, -0.2) is 32.6 Å². The van der Waals surface area contributed by atoms with Gasteiger partial charge < -0.3 is 15.5 Å². The van der Waals surface area contributed by atoms with E-state index in [1.54, 1.807) is 0 Å². The van der Waals surface area contributed by atoms with E-state index in [0.717, 1.165) is 34.8 Å². The van der Waals surface area contributed by atoms with Crippen molar-refractivity contribution >= 4 is 23.4 Å². The van der Waals surface area contributed by atoms with Gasteiger partial charge in [0.15, 0.2) is 5.82 Å². The lowest BCUT2D eigenvalue weighted by atomic mass is 10.0. The number of carbonyl (C=O) groups is 1. The highest BCUT2D eigenvalue weighted by atomic mass is 32.2. The van der Waals surface area contributed by atoms with Crippen LogP contribution in [0.2, 0.25) is 0 Å². The largest absolute Gasteiger partial charge is 0.494 e. The smallest absolute Gasteiger partial charge is 0.240 e. The van der Waals surface area contributed by atoms with E-state index in [1.807, 2.05) is 74.0 Å². The molecule has 0 aliphatic carbocycles. The normalized spacial score (nSPS) is 17.7. The number of aryl methyl sites for hydroxylation is 2. The number of hydrogen-bond donors (Lipinski definition) is 2. The highest BCUT2D eigenvalue weighted by Crippen LogP contribution is 2.38. The van der Waals surface area contributed by atoms with Gasteiger partial charge in [0.25, 0.3) is 0 Å². The van der Waals surface area contributed by atoms with Crippen molar-refractivity contribution in [1.82, 2.24) is 14.9 Å². The Morgan fingerprint density at radius 3 is 2.63 bits per heavy atom. The molecule has 2 aromatic carbocycles. The maximum absolute atomic E-state index is 13.3. The molecular weight excluding hydrogens is 398 g/mol. The first-order valence-electron chi connectivity index (χ1n) is 10.1. The summed E-state index contributed by atoms with van der Waals surface area (Å²) in [5, 5.41) is 11.9. The van der Waals surface area contributed by atoms with Gasteiger partial charge in [-0.15, -0.1) is 10.2 Å². The molecule has 0 spiro atoms. The molecule has 0 saturated heterocycles. The Balaban J connectivity index is 1.66. The van der Waals surface area contributed by atoms with Gasteiger partial charge in [-0.3, -0.25) is 4.79 Å². The Morgan fingerprint density at radius 2 is 1.93 bits per heavy atom. The molecule has 2 unspecified atom stereocenters. The first-order valence-corrected chi connectivity index (χ1v) is 11.0. The number of para-hydroxylation sites is 1. The fourth-order valence-electron chi connectivity index (χ4n) is 3.43. The van der Waals surface area contributed by atoms with Gasteiger partial charge in [-0.25, -0.2) is 4.68 Å². The third kappa shape index (κ3) is 4.00. The molecule has 0 saturated carbocycles. The molecular formula is C22H25N5O2S. The predicted octanol–water partition coefficient (Wildman–Crippen LogP) is 3.95. The maximum atomic E-state index is 13.3. The number of anilines is 1. The van der Waals surface area contributed by atoms with Crippen LogP contribution in [0.4, 0.5) is 5.69 Å². The topological polar surface area (TPSA) is 81.1 Å². The maximum Gasteiger partial charge on any atom is 0.240 e. The van der Waals surface area contributed by atoms with Crippen LogP contribution in [0, 0.1) is 6.92 Å². The molecule has 0 fully saturated rings. The summed E-state index contributed by atoms with van der Waals surface area (Å²) >= 11 is 1.43. The Labute approximate surface area is 180 Å². The summed E-state index contributed by atoms with van der Waals surface area (Å²) in [6.45, 7) is 6.59. The Bertz CT molecular complexity index is 1030. The SMILES string of the molecule is CCOc1ccc(C2Nn3c(CC)nnc3SC2C(=O)Nc2ccccc2C)cc1. The Kier molecular flexibility index (Phi) is 5.94. The number of thioether (sulfide) groups is 1. The highest BCUT2D eigenvalue weighted by Gasteiger charge is 2.37. The molecule has 1 aliphatic rings. The number of fused-ring (bicyclic) bond motifs is 1. The van der Waals surface area contributed by atoms with E-state index in [9.17, 15) is 4.79 Å². The Morgan fingerprint density at radius 1 is 1.17 bits per heavy atom. The van der Waals surface area contributed by atoms with E-state index in [2.05, 4.69) is 20.9 Å². The number of amides is 1. The van der Waals surface area contributed by atoms with Crippen LogP contribution in [0.15, 0.2) is 53.7 Å². The van der Waals surface area contributed by atoms with Gasteiger partial charge in [-0.2, -0.15) is 0 Å².